The van der Waals surface area contributed by atoms with Gasteiger partial charge in [0.15, 0.2) is 0 Å². The summed E-state index contributed by atoms with van der Waals surface area (Å²) in [7, 11) is 0. The number of hydrogen-bond acceptors (Lipinski definition) is 4. The topological polar surface area (TPSA) is 52.1 Å². The van der Waals surface area contributed by atoms with E-state index in [4.69, 9.17) is 13.8 Å². The fourth-order valence-electron chi connectivity index (χ4n) is 6.44. The monoisotopic (exact) mass is 841 g/mol. The molecule has 51 heavy (non-hydrogen) atoms. The van der Waals surface area contributed by atoms with Crippen LogP contribution in [0.15, 0.2) is 136 Å². The summed E-state index contributed by atoms with van der Waals surface area (Å²) in [4.78, 5) is 9.07. The van der Waals surface area contributed by atoms with Gasteiger partial charge in [0, 0.05) is 59.6 Å². The third kappa shape index (κ3) is 6.63. The molecule has 0 N–H and O–H groups in total. The van der Waals surface area contributed by atoms with Crippen LogP contribution in [-0.4, -0.2) is 9.97 Å². The molecule has 0 saturated heterocycles. The Morgan fingerprint density at radius 3 is 2.08 bits per heavy atom. The quantitative estimate of drug-likeness (QED) is 0.166. The van der Waals surface area contributed by atoms with Crippen molar-refractivity contribution in [1.82, 2.24) is 9.97 Å². The molecule has 4 nitrogen and oxygen atoms in total. The largest absolute Gasteiger partial charge is 0.456 e. The maximum atomic E-state index is 6.50. The Kier molecular flexibility index (Phi) is 9.20. The van der Waals surface area contributed by atoms with Gasteiger partial charge in [0.2, 0.25) is 0 Å². The van der Waals surface area contributed by atoms with Crippen LogP contribution in [0.25, 0.3) is 77.5 Å². The fraction of sp³-hybridized carbons (Fsp3) is 0.130. The SMILES string of the molecule is CC(C)(C)c1cc[c-]c(-c2cc(-c3c4oc5ccccc5c4cc4oc5ccccc5c34)ccn2)c1.Cc1c[c-]c(-c2ccc(C)cn2)cc1.[Ir]. The van der Waals surface area contributed by atoms with Gasteiger partial charge in [-0.2, -0.15) is 0 Å². The van der Waals surface area contributed by atoms with E-state index in [2.05, 4.69) is 105 Å². The molecule has 0 aliphatic rings. The molecule has 4 aromatic heterocycles. The summed E-state index contributed by atoms with van der Waals surface area (Å²) < 4.78 is 12.8. The minimum absolute atomic E-state index is 0. The van der Waals surface area contributed by atoms with Crippen LogP contribution in [-0.2, 0) is 25.5 Å². The van der Waals surface area contributed by atoms with E-state index in [1.165, 1.54) is 16.7 Å². The maximum absolute atomic E-state index is 6.50. The summed E-state index contributed by atoms with van der Waals surface area (Å²) >= 11 is 0. The van der Waals surface area contributed by atoms with Crippen LogP contribution in [0, 0.1) is 26.0 Å². The number of pyridine rings is 2. The molecule has 253 valence electrons. The van der Waals surface area contributed by atoms with Crippen molar-refractivity contribution in [2.75, 3.05) is 0 Å². The molecule has 9 aromatic rings. The van der Waals surface area contributed by atoms with Gasteiger partial charge in [0.05, 0.1) is 0 Å². The standard InChI is InChI=1S/C33H24NO2.C13H12N.Ir/c1-33(2,3)22-10-8-9-20(17-22)26-18-21(15-16-34-26)30-31-24-12-5-7-14-28(24)35-29(31)19-25-23-11-4-6-13-27(23)36-32(25)30;1-10-3-6-12(7-4-10)13-8-5-11(2)9-14-13;/h4-8,10-19H,1-3H3;3-6,8-9H,1-2H3;/q2*-1;. The molecule has 0 unspecified atom stereocenters. The molecule has 0 spiro atoms. The van der Waals surface area contributed by atoms with Crippen LogP contribution in [0.5, 0.6) is 0 Å². The first-order valence-corrected chi connectivity index (χ1v) is 16.9. The Labute approximate surface area is 311 Å². The van der Waals surface area contributed by atoms with Crippen molar-refractivity contribution in [3.05, 3.63) is 156 Å². The molecule has 0 atom stereocenters. The predicted molar refractivity (Wildman–Crippen MR) is 205 cm³/mol. The molecule has 5 aromatic carbocycles. The third-order valence-corrected chi connectivity index (χ3v) is 9.16. The fourth-order valence-corrected chi connectivity index (χ4v) is 6.44. The number of rotatable bonds is 3. The second kappa shape index (κ2) is 13.8. The van der Waals surface area contributed by atoms with E-state index in [0.29, 0.717) is 0 Å². The van der Waals surface area contributed by atoms with Gasteiger partial charge in [-0.1, -0.05) is 82.3 Å². The molecule has 0 aliphatic carbocycles. The zero-order valence-corrected chi connectivity index (χ0v) is 31.6. The van der Waals surface area contributed by atoms with Crippen molar-refractivity contribution in [3.8, 4) is 33.6 Å². The van der Waals surface area contributed by atoms with E-state index in [1.54, 1.807) is 0 Å². The number of para-hydroxylation sites is 2. The minimum Gasteiger partial charge on any atom is -0.456 e. The van der Waals surface area contributed by atoms with Gasteiger partial charge in [0.1, 0.15) is 22.3 Å². The summed E-state index contributed by atoms with van der Waals surface area (Å²) in [5.41, 5.74) is 13.1. The van der Waals surface area contributed by atoms with Gasteiger partial charge in [0.25, 0.3) is 0 Å². The molecule has 1 radical (unpaired) electrons. The normalized spacial score (nSPS) is 11.5. The molecule has 0 fully saturated rings. The number of furan rings is 2. The Morgan fingerprint density at radius 1 is 0.608 bits per heavy atom. The molecule has 5 heteroatoms. The van der Waals surface area contributed by atoms with Crippen molar-refractivity contribution >= 4 is 43.9 Å². The van der Waals surface area contributed by atoms with Gasteiger partial charge >= 0.3 is 0 Å². The molecule has 0 saturated carbocycles. The van der Waals surface area contributed by atoms with Crippen molar-refractivity contribution in [1.29, 1.82) is 0 Å². The summed E-state index contributed by atoms with van der Waals surface area (Å²) in [5, 5.41) is 4.26. The van der Waals surface area contributed by atoms with Gasteiger partial charge in [-0.15, -0.1) is 70.8 Å². The number of aromatic nitrogens is 2. The van der Waals surface area contributed by atoms with E-state index in [-0.39, 0.29) is 25.5 Å². The average Bonchev–Trinajstić information content (AvgIpc) is 3.69. The van der Waals surface area contributed by atoms with Crippen LogP contribution < -0.4 is 0 Å². The third-order valence-electron chi connectivity index (χ3n) is 9.16. The second-order valence-electron chi connectivity index (χ2n) is 13.9. The van der Waals surface area contributed by atoms with Crippen molar-refractivity contribution < 1.29 is 28.9 Å². The van der Waals surface area contributed by atoms with Crippen LogP contribution in [0.1, 0.15) is 37.5 Å². The summed E-state index contributed by atoms with van der Waals surface area (Å²) in [6, 6.07) is 45.8. The Hall–Kier alpha value is -5.35. The second-order valence-corrected chi connectivity index (χ2v) is 13.9. The van der Waals surface area contributed by atoms with Crippen LogP contribution in [0.4, 0.5) is 0 Å². The Balaban J connectivity index is 0.000000228. The van der Waals surface area contributed by atoms with Gasteiger partial charge in [-0.05, 0) is 59.1 Å². The zero-order valence-electron chi connectivity index (χ0n) is 29.2. The van der Waals surface area contributed by atoms with Crippen molar-refractivity contribution in [2.45, 2.75) is 40.0 Å². The average molecular weight is 841 g/mol. The first-order valence-electron chi connectivity index (χ1n) is 16.9. The first-order chi connectivity index (χ1) is 24.2. The van der Waals surface area contributed by atoms with Gasteiger partial charge in [-0.3, -0.25) is 0 Å². The van der Waals surface area contributed by atoms with Crippen LogP contribution >= 0.6 is 0 Å². The minimum atomic E-state index is 0. The molecular weight excluding hydrogens is 805 g/mol. The number of hydrogen-bond donors (Lipinski definition) is 0. The molecule has 4 heterocycles. The van der Waals surface area contributed by atoms with E-state index in [0.717, 1.165) is 77.5 Å². The zero-order chi connectivity index (χ0) is 34.4. The number of benzene rings is 5. The summed E-state index contributed by atoms with van der Waals surface area (Å²) in [6.07, 6.45) is 3.75. The number of fused-ring (bicyclic) bond motifs is 6. The molecule has 0 amide bonds. The van der Waals surface area contributed by atoms with Crippen molar-refractivity contribution in [2.24, 2.45) is 0 Å². The smallest absolute Gasteiger partial charge is 0.144 e. The Morgan fingerprint density at radius 2 is 1.35 bits per heavy atom. The first kappa shape index (κ1) is 34.1. The van der Waals surface area contributed by atoms with E-state index in [1.807, 2.05) is 73.9 Å². The van der Waals surface area contributed by atoms with E-state index in [9.17, 15) is 0 Å². The number of aryl methyl sites for hydroxylation is 2. The summed E-state index contributed by atoms with van der Waals surface area (Å²) in [5.74, 6) is 0. The molecule has 9 rings (SSSR count). The van der Waals surface area contributed by atoms with Gasteiger partial charge in [-0.25, -0.2) is 0 Å². The van der Waals surface area contributed by atoms with Crippen LogP contribution in [0.2, 0.25) is 0 Å². The predicted octanol–water partition coefficient (Wildman–Crippen LogP) is 12.5. The van der Waals surface area contributed by atoms with Gasteiger partial charge < -0.3 is 18.8 Å². The van der Waals surface area contributed by atoms with E-state index < -0.39 is 0 Å². The number of nitrogens with zero attached hydrogens (tertiary/aromatic N) is 2. The van der Waals surface area contributed by atoms with E-state index >= 15 is 0 Å². The van der Waals surface area contributed by atoms with Crippen molar-refractivity contribution in [3.63, 3.8) is 0 Å². The molecule has 0 bridgehead atoms. The maximum Gasteiger partial charge on any atom is 0.144 e. The van der Waals surface area contributed by atoms with Crippen LogP contribution in [0.3, 0.4) is 0 Å². The Bertz CT molecular complexity index is 2590. The summed E-state index contributed by atoms with van der Waals surface area (Å²) in [6.45, 7) is 10.8. The molecule has 0 aliphatic heterocycles. The molecular formula is C46H36IrN2O2-2.